The first-order valence-corrected chi connectivity index (χ1v) is 7.05. The summed E-state index contributed by atoms with van der Waals surface area (Å²) in [5.41, 5.74) is -0.281. The molecule has 1 rings (SSSR count). The number of hydrogen-bond donors (Lipinski definition) is 3. The van der Waals surface area contributed by atoms with Gasteiger partial charge in [0, 0.05) is 44.0 Å². The lowest BCUT2D eigenvalue weighted by atomic mass is 9.95. The predicted molar refractivity (Wildman–Crippen MR) is 78.5 cm³/mol. The lowest BCUT2D eigenvalue weighted by Crippen LogP contribution is -2.42. The van der Waals surface area contributed by atoms with Crippen molar-refractivity contribution in [2.24, 2.45) is 5.41 Å². The first-order chi connectivity index (χ1) is 9.44. The van der Waals surface area contributed by atoms with E-state index in [0.29, 0.717) is 13.1 Å². The van der Waals surface area contributed by atoms with Gasteiger partial charge in [0.2, 0.25) is 0 Å². The summed E-state index contributed by atoms with van der Waals surface area (Å²) < 4.78 is 2.10. The Balaban J connectivity index is 2.06. The molecule has 0 atom stereocenters. The van der Waals surface area contributed by atoms with Gasteiger partial charge in [0.25, 0.3) is 0 Å². The Hall–Kier alpha value is -1.56. The van der Waals surface area contributed by atoms with Crippen LogP contribution in [-0.4, -0.2) is 40.4 Å². The van der Waals surface area contributed by atoms with Gasteiger partial charge in [0.05, 0.1) is 0 Å². The molecule has 1 aromatic heterocycles. The molecule has 0 unspecified atom stereocenters. The maximum atomic E-state index is 11.5. The molecule has 0 aliphatic carbocycles. The number of nitrogens with zero attached hydrogens (tertiary/aromatic N) is 2. The minimum atomic E-state index is -0.281. The number of carbonyl (C=O) groups is 1. The molecule has 0 spiro atoms. The molecule has 3 N–H and O–H groups in total. The van der Waals surface area contributed by atoms with E-state index in [0.717, 1.165) is 25.2 Å². The van der Waals surface area contributed by atoms with Crippen molar-refractivity contribution in [1.29, 1.82) is 0 Å². The van der Waals surface area contributed by atoms with Crippen LogP contribution in [0.15, 0.2) is 12.4 Å². The van der Waals surface area contributed by atoms with Crippen molar-refractivity contribution in [2.75, 3.05) is 19.7 Å². The largest absolute Gasteiger partial charge is 0.396 e. The number of aliphatic hydroxyl groups excluding tert-OH is 1. The Morgan fingerprint density at radius 3 is 2.75 bits per heavy atom. The summed E-state index contributed by atoms with van der Waals surface area (Å²) in [5, 5.41) is 14.7. The molecule has 6 nitrogen and oxygen atoms in total. The lowest BCUT2D eigenvalue weighted by Gasteiger charge is -2.21. The fraction of sp³-hybridized carbons (Fsp3) is 0.714. The summed E-state index contributed by atoms with van der Waals surface area (Å²) in [7, 11) is 0. The maximum absolute atomic E-state index is 11.5. The van der Waals surface area contributed by atoms with Gasteiger partial charge in [-0.25, -0.2) is 9.78 Å². The molecule has 6 heteroatoms. The first-order valence-electron chi connectivity index (χ1n) is 7.05. The quantitative estimate of drug-likeness (QED) is 0.629. The summed E-state index contributed by atoms with van der Waals surface area (Å²) in [6.45, 7) is 7.88. The van der Waals surface area contributed by atoms with E-state index in [2.05, 4.69) is 20.2 Å². The monoisotopic (exact) mass is 282 g/mol. The van der Waals surface area contributed by atoms with Gasteiger partial charge >= 0.3 is 6.03 Å². The Morgan fingerprint density at radius 2 is 2.15 bits per heavy atom. The molecule has 20 heavy (non-hydrogen) atoms. The van der Waals surface area contributed by atoms with Crippen molar-refractivity contribution in [1.82, 2.24) is 20.2 Å². The second-order valence-corrected chi connectivity index (χ2v) is 5.81. The number of imidazole rings is 1. The minimum Gasteiger partial charge on any atom is -0.396 e. The minimum absolute atomic E-state index is 0.0531. The van der Waals surface area contributed by atoms with Crippen LogP contribution in [0.1, 0.15) is 32.5 Å². The number of aryl methyl sites for hydroxylation is 2. The molecule has 0 fully saturated rings. The number of nitrogens with one attached hydrogen (secondary N) is 2. The number of carbonyl (C=O) groups excluding carboxylic acids is 1. The molecular weight excluding hydrogens is 256 g/mol. The van der Waals surface area contributed by atoms with E-state index in [9.17, 15) is 4.79 Å². The maximum Gasteiger partial charge on any atom is 0.314 e. The van der Waals surface area contributed by atoms with E-state index < -0.39 is 0 Å². The van der Waals surface area contributed by atoms with E-state index in [-0.39, 0.29) is 18.1 Å². The third-order valence-corrected chi connectivity index (χ3v) is 3.19. The van der Waals surface area contributed by atoms with E-state index >= 15 is 0 Å². The summed E-state index contributed by atoms with van der Waals surface area (Å²) >= 11 is 0. The van der Waals surface area contributed by atoms with Gasteiger partial charge in [-0.05, 0) is 19.8 Å². The van der Waals surface area contributed by atoms with Gasteiger partial charge in [-0.15, -0.1) is 0 Å². The van der Waals surface area contributed by atoms with Gasteiger partial charge < -0.3 is 20.3 Å². The average Bonchev–Trinajstić information content (AvgIpc) is 2.82. The summed E-state index contributed by atoms with van der Waals surface area (Å²) in [5.74, 6) is 1.02. The average molecular weight is 282 g/mol. The Kier molecular flexibility index (Phi) is 6.51. The molecule has 1 aromatic rings. The van der Waals surface area contributed by atoms with Crippen LogP contribution >= 0.6 is 0 Å². The van der Waals surface area contributed by atoms with Crippen LogP contribution in [0.3, 0.4) is 0 Å². The normalized spacial score (nSPS) is 11.4. The summed E-state index contributed by atoms with van der Waals surface area (Å²) in [6, 6.07) is -0.176. The molecule has 0 saturated heterocycles. The van der Waals surface area contributed by atoms with E-state index in [1.807, 2.05) is 27.0 Å². The van der Waals surface area contributed by atoms with Gasteiger partial charge in [0.15, 0.2) is 0 Å². The molecule has 0 aliphatic heterocycles. The van der Waals surface area contributed by atoms with Crippen LogP contribution in [-0.2, 0) is 6.54 Å². The molecule has 1 heterocycles. The summed E-state index contributed by atoms with van der Waals surface area (Å²) in [6.07, 6.45) is 5.68. The van der Waals surface area contributed by atoms with Crippen LogP contribution in [0.4, 0.5) is 4.79 Å². The molecule has 114 valence electrons. The van der Waals surface area contributed by atoms with E-state index in [4.69, 9.17) is 5.11 Å². The topological polar surface area (TPSA) is 79.2 Å². The Bertz CT molecular complexity index is 415. The van der Waals surface area contributed by atoms with E-state index in [1.165, 1.54) is 0 Å². The zero-order chi connectivity index (χ0) is 15.0. The van der Waals surface area contributed by atoms with E-state index in [1.54, 1.807) is 6.20 Å². The van der Waals surface area contributed by atoms with Crippen molar-refractivity contribution >= 4 is 6.03 Å². The molecule has 0 aromatic carbocycles. The molecule has 2 amide bonds. The first kappa shape index (κ1) is 16.5. The van der Waals surface area contributed by atoms with Crippen molar-refractivity contribution in [3.8, 4) is 0 Å². The third kappa shape index (κ3) is 6.06. The van der Waals surface area contributed by atoms with Crippen molar-refractivity contribution in [2.45, 2.75) is 40.2 Å². The summed E-state index contributed by atoms with van der Waals surface area (Å²) in [4.78, 5) is 15.7. The second kappa shape index (κ2) is 7.89. The molecular formula is C14H26N4O2. The highest BCUT2D eigenvalue weighted by Gasteiger charge is 2.16. The Morgan fingerprint density at radius 1 is 1.40 bits per heavy atom. The number of rotatable bonds is 8. The zero-order valence-corrected chi connectivity index (χ0v) is 12.6. The molecule has 0 aliphatic rings. The molecule has 0 bridgehead atoms. The zero-order valence-electron chi connectivity index (χ0n) is 12.6. The number of aromatic nitrogens is 2. The third-order valence-electron chi connectivity index (χ3n) is 3.19. The Labute approximate surface area is 120 Å². The fourth-order valence-corrected chi connectivity index (χ4v) is 1.69. The van der Waals surface area contributed by atoms with Gasteiger partial charge in [0.1, 0.15) is 5.82 Å². The van der Waals surface area contributed by atoms with Crippen molar-refractivity contribution in [3.63, 3.8) is 0 Å². The van der Waals surface area contributed by atoms with Crippen LogP contribution in [0, 0.1) is 12.3 Å². The highest BCUT2D eigenvalue weighted by atomic mass is 16.3. The standard InChI is InChI=1S/C14H26N4O2/c1-12-15-7-9-18(12)8-5-4-6-16-13(20)17-10-14(2,3)11-19/h7,9,19H,4-6,8,10-11H2,1-3H3,(H2,16,17,20). The van der Waals surface area contributed by atoms with Crippen LogP contribution < -0.4 is 10.6 Å². The molecule has 0 saturated carbocycles. The van der Waals surface area contributed by atoms with Gasteiger partial charge in [-0.3, -0.25) is 0 Å². The van der Waals surface area contributed by atoms with Gasteiger partial charge in [-0.2, -0.15) is 0 Å². The fourth-order valence-electron chi connectivity index (χ4n) is 1.69. The predicted octanol–water partition coefficient (Wildman–Crippen LogP) is 1.29. The number of hydrogen-bond acceptors (Lipinski definition) is 3. The van der Waals surface area contributed by atoms with Crippen LogP contribution in [0.25, 0.3) is 0 Å². The van der Waals surface area contributed by atoms with Crippen LogP contribution in [0.5, 0.6) is 0 Å². The molecule has 0 radical (unpaired) electrons. The smallest absolute Gasteiger partial charge is 0.314 e. The second-order valence-electron chi connectivity index (χ2n) is 5.81. The van der Waals surface area contributed by atoms with Crippen LogP contribution in [0.2, 0.25) is 0 Å². The van der Waals surface area contributed by atoms with Gasteiger partial charge in [-0.1, -0.05) is 13.8 Å². The number of aliphatic hydroxyl groups is 1. The highest BCUT2D eigenvalue weighted by molar-refractivity contribution is 5.73. The number of unbranched alkanes of at least 4 members (excludes halogenated alkanes) is 1. The van der Waals surface area contributed by atoms with Crippen molar-refractivity contribution in [3.05, 3.63) is 18.2 Å². The van der Waals surface area contributed by atoms with Crippen molar-refractivity contribution < 1.29 is 9.90 Å². The lowest BCUT2D eigenvalue weighted by molar-refractivity contribution is 0.157. The number of amides is 2. The SMILES string of the molecule is Cc1nccn1CCCCNC(=O)NCC(C)(C)CO. The number of urea groups is 1. The highest BCUT2D eigenvalue weighted by Crippen LogP contribution is 2.10.